The second-order valence-electron chi connectivity index (χ2n) is 6.14. The number of carbonyl (C=O) groups excluding carboxylic acids is 1. The number of nitrogens with zero attached hydrogens (tertiary/aromatic N) is 3. The minimum absolute atomic E-state index is 0.165. The van der Waals surface area contributed by atoms with Gasteiger partial charge in [0.15, 0.2) is 0 Å². The van der Waals surface area contributed by atoms with Crippen molar-refractivity contribution in [3.05, 3.63) is 18.2 Å². The number of H-pyrrole nitrogens is 1. The van der Waals surface area contributed by atoms with Gasteiger partial charge in [0.05, 0.1) is 18.7 Å². The topological polar surface area (TPSA) is 61.5 Å². The Bertz CT molecular complexity index is 485. The zero-order valence-electron chi connectivity index (χ0n) is 11.5. The van der Waals surface area contributed by atoms with Crippen molar-refractivity contribution in [2.75, 3.05) is 26.2 Å². The largest absolute Gasteiger partial charge is 0.365 e. The van der Waals surface area contributed by atoms with Crippen LogP contribution in [0.1, 0.15) is 18.7 Å². The molecule has 6 heteroatoms. The number of morpholine rings is 1. The zero-order chi connectivity index (χ0) is 13.5. The molecule has 3 fully saturated rings. The molecule has 2 unspecified atom stereocenters. The maximum Gasteiger partial charge on any atom is 0.248 e. The molecule has 1 aliphatic carbocycles. The number of hydrogen-bond acceptors (Lipinski definition) is 4. The first-order valence-corrected chi connectivity index (χ1v) is 7.41. The smallest absolute Gasteiger partial charge is 0.248 e. The van der Waals surface area contributed by atoms with Crippen LogP contribution in [-0.2, 0) is 16.1 Å². The lowest BCUT2D eigenvalue weighted by molar-refractivity contribution is -0.153. The second kappa shape index (κ2) is 4.86. The number of fused-ring (bicyclic) bond motifs is 1. The number of amides is 1. The van der Waals surface area contributed by atoms with Gasteiger partial charge in [-0.2, -0.15) is 0 Å². The Morgan fingerprint density at radius 2 is 2.30 bits per heavy atom. The van der Waals surface area contributed by atoms with Gasteiger partial charge in [-0.3, -0.25) is 9.69 Å². The van der Waals surface area contributed by atoms with Crippen molar-refractivity contribution in [3.63, 3.8) is 0 Å². The zero-order valence-corrected chi connectivity index (χ0v) is 11.5. The average Bonchev–Trinajstić information content (AvgIpc) is 2.95. The summed E-state index contributed by atoms with van der Waals surface area (Å²) in [6.45, 7) is 3.76. The molecule has 3 aliphatic rings. The first-order chi connectivity index (χ1) is 9.79. The molecule has 0 aromatic carbocycles. The van der Waals surface area contributed by atoms with Crippen molar-refractivity contribution in [3.8, 4) is 0 Å². The van der Waals surface area contributed by atoms with Crippen molar-refractivity contribution >= 4 is 5.91 Å². The molecular weight excluding hydrogens is 256 g/mol. The minimum atomic E-state index is 0.165. The van der Waals surface area contributed by atoms with Gasteiger partial charge in [0.2, 0.25) is 5.91 Å². The molecule has 2 aliphatic heterocycles. The molecule has 1 N–H and O–H groups in total. The molecule has 4 rings (SSSR count). The van der Waals surface area contributed by atoms with E-state index in [0.29, 0.717) is 0 Å². The monoisotopic (exact) mass is 276 g/mol. The number of nitrogens with one attached hydrogen (secondary N) is 1. The van der Waals surface area contributed by atoms with Gasteiger partial charge in [0.1, 0.15) is 12.4 Å². The molecule has 1 aromatic rings. The van der Waals surface area contributed by atoms with Crippen LogP contribution in [0.5, 0.6) is 0 Å². The SMILES string of the molecule is O=C1COC2CN(Cc3ncc[nH]3)CC2N1CC1CC1. The van der Waals surface area contributed by atoms with Gasteiger partial charge >= 0.3 is 0 Å². The third-order valence-electron chi connectivity index (χ3n) is 4.53. The summed E-state index contributed by atoms with van der Waals surface area (Å²) in [6.07, 6.45) is 6.34. The van der Waals surface area contributed by atoms with Crippen LogP contribution in [0.15, 0.2) is 12.4 Å². The Morgan fingerprint density at radius 3 is 3.05 bits per heavy atom. The molecule has 1 saturated carbocycles. The number of imidazole rings is 1. The van der Waals surface area contributed by atoms with Gasteiger partial charge in [0, 0.05) is 32.0 Å². The van der Waals surface area contributed by atoms with Crippen LogP contribution in [0.25, 0.3) is 0 Å². The van der Waals surface area contributed by atoms with Crippen LogP contribution in [0, 0.1) is 5.92 Å². The lowest BCUT2D eigenvalue weighted by Crippen LogP contribution is -2.54. The number of likely N-dealkylation sites (tertiary alicyclic amines) is 1. The summed E-state index contributed by atoms with van der Waals surface area (Å²) >= 11 is 0. The molecule has 3 heterocycles. The molecular formula is C14H20N4O2. The van der Waals surface area contributed by atoms with Crippen LogP contribution < -0.4 is 0 Å². The number of ether oxygens (including phenoxy) is 1. The highest BCUT2D eigenvalue weighted by Gasteiger charge is 2.44. The molecule has 2 saturated heterocycles. The van der Waals surface area contributed by atoms with Crippen LogP contribution in [0.3, 0.4) is 0 Å². The van der Waals surface area contributed by atoms with E-state index >= 15 is 0 Å². The van der Waals surface area contributed by atoms with E-state index in [4.69, 9.17) is 4.74 Å². The summed E-state index contributed by atoms with van der Waals surface area (Å²) in [5, 5.41) is 0. The maximum atomic E-state index is 12.1. The standard InChI is InChI=1S/C14H20N4O2/c19-14-9-20-12-7-17(8-13-15-3-4-16-13)6-11(12)18(14)5-10-1-2-10/h3-4,10-12H,1-2,5-9H2,(H,15,16). The Morgan fingerprint density at radius 1 is 1.40 bits per heavy atom. The lowest BCUT2D eigenvalue weighted by Gasteiger charge is -2.36. The number of hydrogen-bond donors (Lipinski definition) is 1. The van der Waals surface area contributed by atoms with Crippen LogP contribution in [0.4, 0.5) is 0 Å². The quantitative estimate of drug-likeness (QED) is 0.855. The minimum Gasteiger partial charge on any atom is -0.365 e. The van der Waals surface area contributed by atoms with Crippen molar-refractivity contribution in [1.82, 2.24) is 19.8 Å². The molecule has 2 atom stereocenters. The van der Waals surface area contributed by atoms with Gasteiger partial charge in [-0.1, -0.05) is 0 Å². The molecule has 1 amide bonds. The summed E-state index contributed by atoms with van der Waals surface area (Å²) in [5.41, 5.74) is 0. The summed E-state index contributed by atoms with van der Waals surface area (Å²) < 4.78 is 5.73. The lowest BCUT2D eigenvalue weighted by atomic mass is 10.1. The highest BCUT2D eigenvalue weighted by molar-refractivity contribution is 5.78. The molecule has 6 nitrogen and oxygen atoms in total. The van der Waals surface area contributed by atoms with Crippen LogP contribution in [-0.4, -0.2) is 64.1 Å². The molecule has 20 heavy (non-hydrogen) atoms. The van der Waals surface area contributed by atoms with Crippen LogP contribution in [0.2, 0.25) is 0 Å². The van der Waals surface area contributed by atoms with Gasteiger partial charge < -0.3 is 14.6 Å². The first-order valence-electron chi connectivity index (χ1n) is 7.41. The van der Waals surface area contributed by atoms with Crippen LogP contribution >= 0.6 is 0 Å². The molecule has 0 bridgehead atoms. The summed E-state index contributed by atoms with van der Waals surface area (Å²) in [5.74, 6) is 1.87. The Hall–Kier alpha value is -1.40. The number of carbonyl (C=O) groups is 1. The predicted octanol–water partition coefficient (Wildman–Crippen LogP) is 0.231. The number of rotatable bonds is 4. The van der Waals surface area contributed by atoms with E-state index in [1.165, 1.54) is 12.8 Å². The summed E-state index contributed by atoms with van der Waals surface area (Å²) in [7, 11) is 0. The molecule has 0 radical (unpaired) electrons. The fourth-order valence-corrected chi connectivity index (χ4v) is 3.28. The third-order valence-corrected chi connectivity index (χ3v) is 4.53. The first kappa shape index (κ1) is 12.3. The van der Waals surface area contributed by atoms with Gasteiger partial charge in [-0.15, -0.1) is 0 Å². The van der Waals surface area contributed by atoms with E-state index < -0.39 is 0 Å². The normalized spacial score (nSPS) is 30.8. The van der Waals surface area contributed by atoms with E-state index in [2.05, 4.69) is 19.8 Å². The highest BCUT2D eigenvalue weighted by Crippen LogP contribution is 2.33. The van der Waals surface area contributed by atoms with E-state index in [-0.39, 0.29) is 24.7 Å². The van der Waals surface area contributed by atoms with Gasteiger partial charge in [-0.05, 0) is 18.8 Å². The molecule has 108 valence electrons. The van der Waals surface area contributed by atoms with Gasteiger partial charge in [-0.25, -0.2) is 4.98 Å². The third kappa shape index (κ3) is 2.33. The Balaban J connectivity index is 1.44. The highest BCUT2D eigenvalue weighted by atomic mass is 16.5. The van der Waals surface area contributed by atoms with E-state index in [0.717, 1.165) is 37.9 Å². The Labute approximate surface area is 118 Å². The van der Waals surface area contributed by atoms with E-state index in [9.17, 15) is 4.79 Å². The molecule has 0 spiro atoms. The number of aromatic nitrogens is 2. The van der Waals surface area contributed by atoms with Crippen molar-refractivity contribution in [1.29, 1.82) is 0 Å². The summed E-state index contributed by atoms with van der Waals surface area (Å²) in [6, 6.07) is 0.229. The summed E-state index contributed by atoms with van der Waals surface area (Å²) in [4.78, 5) is 23.9. The second-order valence-corrected chi connectivity index (χ2v) is 6.14. The maximum absolute atomic E-state index is 12.1. The van der Waals surface area contributed by atoms with Gasteiger partial charge in [0.25, 0.3) is 0 Å². The predicted molar refractivity (Wildman–Crippen MR) is 71.8 cm³/mol. The van der Waals surface area contributed by atoms with Crippen molar-refractivity contribution in [2.24, 2.45) is 5.92 Å². The fourth-order valence-electron chi connectivity index (χ4n) is 3.28. The fraction of sp³-hybridized carbons (Fsp3) is 0.714. The van der Waals surface area contributed by atoms with Crippen molar-refractivity contribution < 1.29 is 9.53 Å². The average molecular weight is 276 g/mol. The Kier molecular flexibility index (Phi) is 3.00. The van der Waals surface area contributed by atoms with E-state index in [1.54, 1.807) is 6.20 Å². The molecule has 1 aromatic heterocycles. The van der Waals surface area contributed by atoms with E-state index in [1.807, 2.05) is 6.20 Å². The van der Waals surface area contributed by atoms with Crippen molar-refractivity contribution in [2.45, 2.75) is 31.5 Å². The number of aromatic amines is 1.